The molecule has 1 saturated carbocycles. The van der Waals surface area contributed by atoms with E-state index in [2.05, 4.69) is 34.6 Å². The van der Waals surface area contributed by atoms with Crippen LogP contribution in [0.5, 0.6) is 0 Å². The first-order valence-electron chi connectivity index (χ1n) is 11.8. The van der Waals surface area contributed by atoms with Crippen LogP contribution in [-0.2, 0) is 4.74 Å². The van der Waals surface area contributed by atoms with Crippen molar-refractivity contribution in [1.82, 2.24) is 9.55 Å². The zero-order chi connectivity index (χ0) is 23.1. The lowest BCUT2D eigenvalue weighted by Crippen LogP contribution is -2.22. The highest BCUT2D eigenvalue weighted by Crippen LogP contribution is 2.46. The van der Waals surface area contributed by atoms with Crippen LogP contribution in [0.15, 0.2) is 24.5 Å². The van der Waals surface area contributed by atoms with E-state index in [4.69, 9.17) is 15.5 Å². The number of carbonyl (C=O) groups excluding carboxylic acids is 1. The molecular weight excluding hydrogens is 436 g/mol. The predicted octanol–water partition coefficient (Wildman–Crippen LogP) is 4.70. The molecule has 0 bridgehead atoms. The number of benzene rings is 1. The number of ether oxygens (including phenoxy) is 1. The van der Waals surface area contributed by atoms with Gasteiger partial charge in [-0.2, -0.15) is 0 Å². The molecule has 33 heavy (non-hydrogen) atoms. The summed E-state index contributed by atoms with van der Waals surface area (Å²) in [5.41, 5.74) is 10.5. The van der Waals surface area contributed by atoms with E-state index in [1.54, 1.807) is 0 Å². The highest BCUT2D eigenvalue weighted by Gasteiger charge is 2.31. The third-order valence-corrected chi connectivity index (χ3v) is 8.60. The van der Waals surface area contributed by atoms with Crippen molar-refractivity contribution in [2.24, 2.45) is 11.8 Å². The molecule has 3 aromatic rings. The molecule has 2 aliphatic rings. The second-order valence-corrected chi connectivity index (χ2v) is 10.6. The van der Waals surface area contributed by atoms with Crippen molar-refractivity contribution in [2.45, 2.75) is 45.1 Å². The Bertz CT molecular complexity index is 1170. The van der Waals surface area contributed by atoms with Crippen LogP contribution in [0.3, 0.4) is 0 Å². The van der Waals surface area contributed by atoms with Gasteiger partial charge in [0.15, 0.2) is 0 Å². The minimum atomic E-state index is -0.422. The van der Waals surface area contributed by atoms with Gasteiger partial charge in [-0.25, -0.2) is 9.78 Å². The number of anilines is 2. The second kappa shape index (κ2) is 8.99. The average Bonchev–Trinajstić information content (AvgIpc) is 3.54. The standard InChI is InChI=1S/C25H32N4O3S/c1-15-4-3-5-18(10-15)29-14-27-19-11-17(6-7-20(19)29)23-22(26)21(25(31)32-2)24(33-23)28-9-8-16(12-28)13-30/h6-7,11,14-16,18,30H,3-5,8-10,12-13,26H2,1-2H3/t15?,16-,18?/m0/s1. The summed E-state index contributed by atoms with van der Waals surface area (Å²) in [5, 5.41) is 10.4. The fourth-order valence-corrected chi connectivity index (χ4v) is 6.69. The Morgan fingerprint density at radius 3 is 2.91 bits per heavy atom. The van der Waals surface area contributed by atoms with E-state index >= 15 is 0 Å². The fourth-order valence-electron chi connectivity index (χ4n) is 5.45. The lowest BCUT2D eigenvalue weighted by molar-refractivity contribution is 0.0603. The van der Waals surface area contributed by atoms with Gasteiger partial charge in [-0.1, -0.05) is 25.8 Å². The van der Waals surface area contributed by atoms with E-state index in [0.29, 0.717) is 23.8 Å². The van der Waals surface area contributed by atoms with Crippen LogP contribution in [0, 0.1) is 11.8 Å². The molecule has 0 spiro atoms. The molecule has 0 radical (unpaired) electrons. The maximum absolute atomic E-state index is 12.6. The van der Waals surface area contributed by atoms with Gasteiger partial charge in [-0.15, -0.1) is 11.3 Å². The summed E-state index contributed by atoms with van der Waals surface area (Å²) in [6.07, 6.45) is 7.84. The highest BCUT2D eigenvalue weighted by atomic mass is 32.1. The summed E-state index contributed by atoms with van der Waals surface area (Å²) in [4.78, 5) is 20.4. The Balaban J connectivity index is 1.52. The van der Waals surface area contributed by atoms with Gasteiger partial charge in [0.25, 0.3) is 0 Å². The van der Waals surface area contributed by atoms with Crippen molar-refractivity contribution in [3.05, 3.63) is 30.1 Å². The molecule has 1 aromatic carbocycles. The number of nitrogen functional groups attached to an aromatic ring is 1. The average molecular weight is 469 g/mol. The van der Waals surface area contributed by atoms with E-state index < -0.39 is 5.97 Å². The number of imidazole rings is 1. The van der Waals surface area contributed by atoms with Gasteiger partial charge in [0, 0.05) is 31.7 Å². The summed E-state index contributed by atoms with van der Waals surface area (Å²) in [7, 11) is 1.38. The number of fused-ring (bicyclic) bond motifs is 1. The van der Waals surface area contributed by atoms with Gasteiger partial charge in [-0.3, -0.25) is 0 Å². The van der Waals surface area contributed by atoms with E-state index in [-0.39, 0.29) is 12.5 Å². The summed E-state index contributed by atoms with van der Waals surface area (Å²) in [6, 6.07) is 6.79. The number of nitrogens with two attached hydrogens (primary N) is 1. The topological polar surface area (TPSA) is 93.6 Å². The molecule has 176 valence electrons. The molecule has 7 nitrogen and oxygen atoms in total. The quantitative estimate of drug-likeness (QED) is 0.527. The van der Waals surface area contributed by atoms with Crippen molar-refractivity contribution < 1.29 is 14.6 Å². The van der Waals surface area contributed by atoms with Crippen LogP contribution in [0.4, 0.5) is 10.7 Å². The predicted molar refractivity (Wildman–Crippen MR) is 133 cm³/mol. The first-order valence-corrected chi connectivity index (χ1v) is 12.6. The van der Waals surface area contributed by atoms with Crippen molar-refractivity contribution in [3.63, 3.8) is 0 Å². The number of carbonyl (C=O) groups is 1. The van der Waals surface area contributed by atoms with Crippen molar-refractivity contribution in [1.29, 1.82) is 0 Å². The third kappa shape index (κ3) is 3.99. The summed E-state index contributed by atoms with van der Waals surface area (Å²) < 4.78 is 7.40. The fraction of sp³-hybridized carbons (Fsp3) is 0.520. The van der Waals surface area contributed by atoms with E-state index in [1.807, 2.05) is 6.33 Å². The number of aliphatic hydroxyl groups is 1. The SMILES string of the molecule is COC(=O)c1c(N2CC[C@H](CO)C2)sc(-c2ccc3c(c2)ncn3C2CCCC(C)C2)c1N. The molecular formula is C25H32N4O3S. The molecule has 1 aliphatic heterocycles. The molecule has 5 rings (SSSR count). The molecule has 1 aliphatic carbocycles. The van der Waals surface area contributed by atoms with Crippen LogP contribution in [0.2, 0.25) is 0 Å². The smallest absolute Gasteiger partial charge is 0.343 e. The second-order valence-electron chi connectivity index (χ2n) is 9.58. The normalized spacial score (nSPS) is 23.4. The molecule has 2 unspecified atom stereocenters. The Morgan fingerprint density at radius 2 is 2.18 bits per heavy atom. The number of rotatable bonds is 5. The van der Waals surface area contributed by atoms with Crippen LogP contribution < -0.4 is 10.6 Å². The Hall–Kier alpha value is -2.58. The molecule has 8 heteroatoms. The van der Waals surface area contributed by atoms with Crippen molar-refractivity contribution >= 4 is 39.0 Å². The van der Waals surface area contributed by atoms with Gasteiger partial charge in [-0.05, 0) is 42.9 Å². The number of esters is 1. The summed E-state index contributed by atoms with van der Waals surface area (Å²) >= 11 is 1.52. The maximum atomic E-state index is 12.6. The largest absolute Gasteiger partial charge is 0.465 e. The monoisotopic (exact) mass is 468 g/mol. The number of hydrogen-bond donors (Lipinski definition) is 2. The van der Waals surface area contributed by atoms with Gasteiger partial charge >= 0.3 is 5.97 Å². The molecule has 3 atom stereocenters. The molecule has 3 heterocycles. The Kier molecular flexibility index (Phi) is 6.05. The van der Waals surface area contributed by atoms with E-state index in [9.17, 15) is 9.90 Å². The Labute approximate surface area is 198 Å². The molecule has 3 N–H and O–H groups in total. The highest BCUT2D eigenvalue weighted by molar-refractivity contribution is 7.20. The molecule has 0 amide bonds. The van der Waals surface area contributed by atoms with Gasteiger partial charge < -0.3 is 25.0 Å². The maximum Gasteiger partial charge on any atom is 0.343 e. The summed E-state index contributed by atoms with van der Waals surface area (Å²) in [5.74, 6) is 0.539. The lowest BCUT2D eigenvalue weighted by atomic mass is 9.87. The minimum absolute atomic E-state index is 0.150. The van der Waals surface area contributed by atoms with Crippen LogP contribution in [0.25, 0.3) is 21.5 Å². The minimum Gasteiger partial charge on any atom is -0.465 e. The number of methoxy groups -OCH3 is 1. The Morgan fingerprint density at radius 1 is 1.33 bits per heavy atom. The first kappa shape index (κ1) is 22.2. The van der Waals surface area contributed by atoms with Crippen LogP contribution >= 0.6 is 11.3 Å². The zero-order valence-corrected chi connectivity index (χ0v) is 20.1. The number of thiophene rings is 1. The van der Waals surface area contributed by atoms with Gasteiger partial charge in [0.2, 0.25) is 0 Å². The van der Waals surface area contributed by atoms with Crippen LogP contribution in [0.1, 0.15) is 55.4 Å². The number of aromatic nitrogens is 2. The third-order valence-electron chi connectivity index (χ3n) is 7.29. The van der Waals surface area contributed by atoms with Crippen LogP contribution in [-0.4, -0.2) is 47.4 Å². The first-order chi connectivity index (χ1) is 16.0. The molecule has 2 aromatic heterocycles. The number of hydrogen-bond acceptors (Lipinski definition) is 7. The number of aliphatic hydroxyl groups excluding tert-OH is 1. The van der Waals surface area contributed by atoms with Crippen molar-refractivity contribution in [3.8, 4) is 10.4 Å². The summed E-state index contributed by atoms with van der Waals surface area (Å²) in [6.45, 7) is 3.99. The van der Waals surface area contributed by atoms with E-state index in [1.165, 1.54) is 44.1 Å². The number of nitrogens with zero attached hydrogens (tertiary/aromatic N) is 3. The van der Waals surface area contributed by atoms with Gasteiger partial charge in [0.1, 0.15) is 10.6 Å². The van der Waals surface area contributed by atoms with Gasteiger partial charge in [0.05, 0.1) is 35.0 Å². The molecule has 2 fully saturated rings. The van der Waals surface area contributed by atoms with Crippen molar-refractivity contribution in [2.75, 3.05) is 37.4 Å². The molecule has 1 saturated heterocycles. The zero-order valence-electron chi connectivity index (χ0n) is 19.3. The van der Waals surface area contributed by atoms with E-state index in [0.717, 1.165) is 45.4 Å². The lowest BCUT2D eigenvalue weighted by Gasteiger charge is -2.28.